The highest BCUT2D eigenvalue weighted by molar-refractivity contribution is 6.07. The molecular weight excluding hydrogens is 255 g/mol. The lowest BCUT2D eigenvalue weighted by Crippen LogP contribution is -2.29. The van der Waals surface area contributed by atoms with Gasteiger partial charge in [-0.25, -0.2) is 4.39 Å². The van der Waals surface area contributed by atoms with E-state index in [2.05, 4.69) is 0 Å². The van der Waals surface area contributed by atoms with Gasteiger partial charge in [0.25, 0.3) is 5.91 Å². The number of aryl methyl sites for hydroxylation is 1. The lowest BCUT2D eigenvalue weighted by atomic mass is 10.1. The first-order valence-electron chi connectivity index (χ1n) is 6.52. The molecule has 0 unspecified atom stereocenters. The third-order valence-electron chi connectivity index (χ3n) is 3.60. The molecule has 3 nitrogen and oxygen atoms in total. The quantitative estimate of drug-likeness (QED) is 0.810. The number of hydrogen-bond acceptors (Lipinski definition) is 2. The summed E-state index contributed by atoms with van der Waals surface area (Å²) in [6.45, 7) is 2.40. The van der Waals surface area contributed by atoms with Gasteiger partial charge in [-0.3, -0.25) is 4.79 Å². The van der Waals surface area contributed by atoms with Crippen LogP contribution in [0.1, 0.15) is 21.5 Å². The van der Waals surface area contributed by atoms with E-state index in [0.717, 1.165) is 23.2 Å². The molecule has 0 bridgehead atoms. The molecule has 0 aliphatic carbocycles. The zero-order valence-corrected chi connectivity index (χ0v) is 11.2. The lowest BCUT2D eigenvalue weighted by Gasteiger charge is -2.18. The maximum Gasteiger partial charge on any atom is 0.261 e. The fraction of sp³-hybridized carbons (Fsp3) is 0.188. The van der Waals surface area contributed by atoms with Crippen molar-refractivity contribution in [2.45, 2.75) is 13.3 Å². The van der Waals surface area contributed by atoms with Crippen molar-refractivity contribution in [2.75, 3.05) is 17.2 Å². The molecule has 0 spiro atoms. The van der Waals surface area contributed by atoms with Crippen LogP contribution in [0.3, 0.4) is 0 Å². The molecular formula is C16H15FN2O. The van der Waals surface area contributed by atoms with Crippen LogP contribution in [-0.2, 0) is 6.42 Å². The third-order valence-corrected chi connectivity index (χ3v) is 3.60. The fourth-order valence-corrected chi connectivity index (χ4v) is 2.56. The monoisotopic (exact) mass is 270 g/mol. The number of hydrogen-bond donors (Lipinski definition) is 1. The number of carbonyl (C=O) groups is 1. The molecule has 2 aromatic rings. The molecule has 102 valence electrons. The maximum absolute atomic E-state index is 13.9. The van der Waals surface area contributed by atoms with E-state index in [1.54, 1.807) is 23.1 Å². The van der Waals surface area contributed by atoms with Gasteiger partial charge >= 0.3 is 0 Å². The van der Waals surface area contributed by atoms with Crippen molar-refractivity contribution in [2.24, 2.45) is 0 Å². The van der Waals surface area contributed by atoms with Crippen molar-refractivity contribution >= 4 is 17.3 Å². The zero-order valence-electron chi connectivity index (χ0n) is 11.2. The number of nitrogen functional groups attached to an aromatic ring is 1. The van der Waals surface area contributed by atoms with Gasteiger partial charge in [0.15, 0.2) is 0 Å². The van der Waals surface area contributed by atoms with Gasteiger partial charge in [0.1, 0.15) is 5.82 Å². The Hall–Kier alpha value is -2.36. The predicted molar refractivity (Wildman–Crippen MR) is 77.4 cm³/mol. The molecule has 0 saturated carbocycles. The predicted octanol–water partition coefficient (Wildman–Crippen LogP) is 2.92. The Kier molecular flexibility index (Phi) is 2.93. The van der Waals surface area contributed by atoms with Gasteiger partial charge < -0.3 is 10.6 Å². The van der Waals surface area contributed by atoms with Crippen LogP contribution in [0.15, 0.2) is 36.4 Å². The molecule has 2 aromatic carbocycles. The topological polar surface area (TPSA) is 46.3 Å². The SMILES string of the molecule is Cc1ccc(F)c(C(=O)N2CCc3ccc(N)cc32)c1. The van der Waals surface area contributed by atoms with E-state index in [0.29, 0.717) is 12.2 Å². The standard InChI is InChI=1S/C16H15FN2O/c1-10-2-5-14(17)13(8-10)16(20)19-7-6-11-3-4-12(18)9-15(11)19/h2-5,8-9H,6-7,18H2,1H3. The van der Waals surface area contributed by atoms with Gasteiger partial charge in [-0.1, -0.05) is 17.7 Å². The van der Waals surface area contributed by atoms with Crippen molar-refractivity contribution in [3.8, 4) is 0 Å². The van der Waals surface area contributed by atoms with Crippen molar-refractivity contribution in [1.82, 2.24) is 0 Å². The van der Waals surface area contributed by atoms with Gasteiger partial charge in [0.05, 0.1) is 5.56 Å². The second kappa shape index (κ2) is 4.63. The molecule has 1 aliphatic heterocycles. The summed E-state index contributed by atoms with van der Waals surface area (Å²) in [5.74, 6) is -0.798. The Morgan fingerprint density at radius 3 is 2.85 bits per heavy atom. The maximum atomic E-state index is 13.9. The summed E-state index contributed by atoms with van der Waals surface area (Å²) in [5, 5.41) is 0. The highest BCUT2D eigenvalue weighted by Crippen LogP contribution is 2.31. The van der Waals surface area contributed by atoms with Crippen LogP contribution in [0.2, 0.25) is 0 Å². The van der Waals surface area contributed by atoms with Gasteiger partial charge in [-0.15, -0.1) is 0 Å². The first kappa shape index (κ1) is 12.7. The van der Waals surface area contributed by atoms with Crippen LogP contribution in [0.4, 0.5) is 15.8 Å². The molecule has 0 radical (unpaired) electrons. The summed E-state index contributed by atoms with van der Waals surface area (Å²) in [7, 11) is 0. The van der Waals surface area contributed by atoms with Gasteiger partial charge in [-0.05, 0) is 43.2 Å². The van der Waals surface area contributed by atoms with Crippen LogP contribution in [0.5, 0.6) is 0 Å². The Morgan fingerprint density at radius 1 is 1.25 bits per heavy atom. The van der Waals surface area contributed by atoms with Crippen molar-refractivity contribution in [3.63, 3.8) is 0 Å². The number of rotatable bonds is 1. The number of halogens is 1. The summed E-state index contributed by atoms with van der Waals surface area (Å²) < 4.78 is 13.9. The first-order chi connectivity index (χ1) is 9.56. The summed E-state index contributed by atoms with van der Waals surface area (Å²) in [5.41, 5.74) is 9.21. The number of carbonyl (C=O) groups excluding carboxylic acids is 1. The number of amides is 1. The van der Waals surface area contributed by atoms with E-state index >= 15 is 0 Å². The van der Waals surface area contributed by atoms with E-state index in [4.69, 9.17) is 5.73 Å². The summed E-state index contributed by atoms with van der Waals surface area (Å²) in [6.07, 6.45) is 0.773. The molecule has 20 heavy (non-hydrogen) atoms. The molecule has 0 saturated heterocycles. The Bertz CT molecular complexity index is 697. The van der Waals surface area contributed by atoms with Crippen LogP contribution in [-0.4, -0.2) is 12.5 Å². The van der Waals surface area contributed by atoms with Gasteiger partial charge in [-0.2, -0.15) is 0 Å². The molecule has 0 atom stereocenters. The zero-order chi connectivity index (χ0) is 14.3. The van der Waals surface area contributed by atoms with Crippen molar-refractivity contribution in [1.29, 1.82) is 0 Å². The number of benzene rings is 2. The number of nitrogens with zero attached hydrogens (tertiary/aromatic N) is 1. The molecule has 0 fully saturated rings. The van der Waals surface area contributed by atoms with Gasteiger partial charge in [0, 0.05) is 17.9 Å². The first-order valence-corrected chi connectivity index (χ1v) is 6.52. The van der Waals surface area contributed by atoms with Crippen molar-refractivity contribution in [3.05, 3.63) is 58.9 Å². The van der Waals surface area contributed by atoms with Crippen molar-refractivity contribution < 1.29 is 9.18 Å². The number of nitrogens with two attached hydrogens (primary N) is 1. The van der Waals surface area contributed by atoms with Crippen LogP contribution in [0.25, 0.3) is 0 Å². The highest BCUT2D eigenvalue weighted by atomic mass is 19.1. The largest absolute Gasteiger partial charge is 0.399 e. The van der Waals surface area contributed by atoms with E-state index in [1.165, 1.54) is 6.07 Å². The molecule has 0 aromatic heterocycles. The smallest absolute Gasteiger partial charge is 0.261 e. The molecule has 1 aliphatic rings. The minimum atomic E-state index is -0.488. The summed E-state index contributed by atoms with van der Waals surface area (Å²) >= 11 is 0. The molecule has 1 amide bonds. The minimum Gasteiger partial charge on any atom is -0.399 e. The Morgan fingerprint density at radius 2 is 2.05 bits per heavy atom. The Balaban J connectivity index is 2.01. The second-order valence-electron chi connectivity index (χ2n) is 5.08. The van der Waals surface area contributed by atoms with E-state index < -0.39 is 5.82 Å². The highest BCUT2D eigenvalue weighted by Gasteiger charge is 2.27. The third kappa shape index (κ3) is 2.03. The van der Waals surface area contributed by atoms with Crippen LogP contribution in [0, 0.1) is 12.7 Å². The van der Waals surface area contributed by atoms with Crippen LogP contribution < -0.4 is 10.6 Å². The molecule has 4 heteroatoms. The number of fused-ring (bicyclic) bond motifs is 1. The second-order valence-corrected chi connectivity index (χ2v) is 5.08. The summed E-state index contributed by atoms with van der Waals surface area (Å²) in [4.78, 5) is 14.1. The minimum absolute atomic E-state index is 0.111. The lowest BCUT2D eigenvalue weighted by molar-refractivity contribution is 0.0985. The molecule has 3 rings (SSSR count). The van der Waals surface area contributed by atoms with E-state index in [1.807, 2.05) is 19.1 Å². The fourth-order valence-electron chi connectivity index (χ4n) is 2.56. The average molecular weight is 270 g/mol. The van der Waals surface area contributed by atoms with E-state index in [9.17, 15) is 9.18 Å². The van der Waals surface area contributed by atoms with E-state index in [-0.39, 0.29) is 11.5 Å². The Labute approximate surface area is 116 Å². The summed E-state index contributed by atoms with van der Waals surface area (Å²) in [6, 6.07) is 10.1. The van der Waals surface area contributed by atoms with Gasteiger partial charge in [0.2, 0.25) is 0 Å². The molecule has 2 N–H and O–H groups in total. The average Bonchev–Trinajstić information content (AvgIpc) is 2.83. The van der Waals surface area contributed by atoms with Crippen LogP contribution >= 0.6 is 0 Å². The molecule has 1 heterocycles. The number of anilines is 2. The normalized spacial score (nSPS) is 13.4.